The lowest BCUT2D eigenvalue weighted by Gasteiger charge is -2.10. The van der Waals surface area contributed by atoms with Crippen molar-refractivity contribution in [2.75, 3.05) is 25.3 Å². The Morgan fingerprint density at radius 2 is 1.80 bits per heavy atom. The first-order chi connectivity index (χ1) is 14.4. The number of carbonyl (C=O) groups is 1. The highest BCUT2D eigenvalue weighted by Gasteiger charge is 2.12. The topological polar surface area (TPSA) is 82.5 Å². The van der Waals surface area contributed by atoms with Crippen LogP contribution in [0.4, 0.5) is 14.5 Å². The van der Waals surface area contributed by atoms with Gasteiger partial charge in [0.2, 0.25) is 5.91 Å². The van der Waals surface area contributed by atoms with Gasteiger partial charge in [-0.2, -0.15) is 0 Å². The molecule has 10 heteroatoms. The molecule has 156 valence electrons. The largest absolute Gasteiger partial charge is 0.497 e. The van der Waals surface area contributed by atoms with Gasteiger partial charge in [-0.05, 0) is 12.1 Å². The number of carbonyl (C=O) groups excluding carboxylic acids is 1. The number of thioether (sulfide) groups is 1. The van der Waals surface area contributed by atoms with Crippen LogP contribution in [0.3, 0.4) is 0 Å². The molecule has 7 nitrogen and oxygen atoms in total. The number of nitrogens with zero attached hydrogens (tertiary/aromatic N) is 2. The Labute approximate surface area is 174 Å². The summed E-state index contributed by atoms with van der Waals surface area (Å²) < 4.78 is 38.1. The third kappa shape index (κ3) is 4.95. The fourth-order valence-electron chi connectivity index (χ4n) is 2.54. The third-order valence-electron chi connectivity index (χ3n) is 3.97. The van der Waals surface area contributed by atoms with E-state index in [2.05, 4.69) is 10.3 Å². The molecule has 0 aliphatic heterocycles. The molecule has 1 heterocycles. The predicted molar refractivity (Wildman–Crippen MR) is 109 cm³/mol. The van der Waals surface area contributed by atoms with Crippen LogP contribution in [0.25, 0.3) is 5.69 Å². The maximum Gasteiger partial charge on any atom is 0.287 e. The summed E-state index contributed by atoms with van der Waals surface area (Å²) >= 11 is 0.924. The second kappa shape index (κ2) is 9.40. The minimum atomic E-state index is -1.07. The first-order valence-electron chi connectivity index (χ1n) is 8.60. The molecule has 0 aliphatic rings. The van der Waals surface area contributed by atoms with Gasteiger partial charge in [0.1, 0.15) is 11.5 Å². The number of amides is 1. The van der Waals surface area contributed by atoms with E-state index < -0.39 is 17.2 Å². The van der Waals surface area contributed by atoms with Crippen molar-refractivity contribution in [1.82, 2.24) is 9.55 Å². The van der Waals surface area contributed by atoms with Crippen LogP contribution in [0.1, 0.15) is 0 Å². The molecule has 0 unspecified atom stereocenters. The van der Waals surface area contributed by atoms with E-state index in [-0.39, 0.29) is 22.4 Å². The third-order valence-corrected chi connectivity index (χ3v) is 4.93. The smallest absolute Gasteiger partial charge is 0.287 e. The molecule has 0 atom stereocenters. The summed E-state index contributed by atoms with van der Waals surface area (Å²) in [7, 11) is 2.99. The van der Waals surface area contributed by atoms with Crippen LogP contribution >= 0.6 is 11.8 Å². The van der Waals surface area contributed by atoms with E-state index >= 15 is 0 Å². The van der Waals surface area contributed by atoms with Crippen molar-refractivity contribution in [2.45, 2.75) is 5.03 Å². The molecular weight excluding hydrogens is 416 g/mol. The van der Waals surface area contributed by atoms with E-state index in [0.29, 0.717) is 17.2 Å². The monoisotopic (exact) mass is 433 g/mol. The van der Waals surface area contributed by atoms with Gasteiger partial charge in [-0.25, -0.2) is 13.8 Å². The number of hydrogen-bond donors (Lipinski definition) is 1. The van der Waals surface area contributed by atoms with Gasteiger partial charge in [0, 0.05) is 42.3 Å². The van der Waals surface area contributed by atoms with Gasteiger partial charge in [-0.3, -0.25) is 14.2 Å². The normalized spacial score (nSPS) is 10.5. The lowest BCUT2D eigenvalue weighted by atomic mass is 10.2. The quantitative estimate of drug-likeness (QED) is 0.576. The zero-order chi connectivity index (χ0) is 21.7. The number of methoxy groups -OCH3 is 2. The fourth-order valence-corrected chi connectivity index (χ4v) is 3.24. The van der Waals surface area contributed by atoms with Crippen molar-refractivity contribution in [3.8, 4) is 17.2 Å². The number of hydrogen-bond acceptors (Lipinski definition) is 6. The van der Waals surface area contributed by atoms with Crippen molar-refractivity contribution in [3.63, 3.8) is 0 Å². The van der Waals surface area contributed by atoms with Gasteiger partial charge in [0.25, 0.3) is 5.56 Å². The maximum absolute atomic E-state index is 13.5. The number of anilines is 1. The summed E-state index contributed by atoms with van der Waals surface area (Å²) in [5.41, 5.74) is 0.0671. The van der Waals surface area contributed by atoms with Crippen LogP contribution in [0.2, 0.25) is 0 Å². The molecule has 1 amide bonds. The van der Waals surface area contributed by atoms with Gasteiger partial charge in [0.15, 0.2) is 16.7 Å². The molecule has 3 rings (SSSR count). The average molecular weight is 433 g/mol. The van der Waals surface area contributed by atoms with Crippen molar-refractivity contribution >= 4 is 23.4 Å². The lowest BCUT2D eigenvalue weighted by molar-refractivity contribution is -0.113. The summed E-state index contributed by atoms with van der Waals surface area (Å²) in [6, 6.07) is 8.04. The number of nitrogens with one attached hydrogen (secondary N) is 1. The second-order valence-electron chi connectivity index (χ2n) is 5.94. The number of benzene rings is 2. The summed E-state index contributed by atoms with van der Waals surface area (Å²) in [6.07, 6.45) is 2.68. The Bertz CT molecular complexity index is 1120. The standard InChI is InChI=1S/C20H17F2N3O4S/c1-28-14-7-12(8-15(10-14)29-2)24-18(26)11-30-19-20(27)25(6-5-23-19)13-3-4-16(21)17(22)9-13/h3-10H,11H2,1-2H3,(H,24,26). The molecule has 2 aromatic carbocycles. The average Bonchev–Trinajstić information content (AvgIpc) is 2.74. The lowest BCUT2D eigenvalue weighted by Crippen LogP contribution is -2.22. The summed E-state index contributed by atoms with van der Waals surface area (Å²) in [6.45, 7) is 0. The Hall–Kier alpha value is -3.40. The Morgan fingerprint density at radius 1 is 1.10 bits per heavy atom. The van der Waals surface area contributed by atoms with E-state index in [4.69, 9.17) is 9.47 Å². The van der Waals surface area contributed by atoms with Crippen molar-refractivity contribution < 1.29 is 23.0 Å². The highest BCUT2D eigenvalue weighted by molar-refractivity contribution is 7.99. The van der Waals surface area contributed by atoms with Crippen molar-refractivity contribution in [3.05, 3.63) is 70.8 Å². The molecule has 30 heavy (non-hydrogen) atoms. The summed E-state index contributed by atoms with van der Waals surface area (Å²) in [5, 5.41) is 2.74. The highest BCUT2D eigenvalue weighted by Crippen LogP contribution is 2.26. The molecule has 0 aliphatic carbocycles. The minimum Gasteiger partial charge on any atom is -0.497 e. The first-order valence-corrected chi connectivity index (χ1v) is 9.58. The van der Waals surface area contributed by atoms with Crippen LogP contribution in [0.15, 0.2) is 58.6 Å². The Morgan fingerprint density at radius 3 is 2.43 bits per heavy atom. The SMILES string of the molecule is COc1cc(NC(=O)CSc2nccn(-c3ccc(F)c(F)c3)c2=O)cc(OC)c1. The number of aromatic nitrogens is 2. The molecule has 0 bridgehead atoms. The first kappa shape index (κ1) is 21.3. The predicted octanol–water partition coefficient (Wildman–Crippen LogP) is 3.26. The highest BCUT2D eigenvalue weighted by atomic mass is 32.2. The van der Waals surface area contributed by atoms with Crippen molar-refractivity contribution in [1.29, 1.82) is 0 Å². The van der Waals surface area contributed by atoms with Gasteiger partial charge >= 0.3 is 0 Å². The molecule has 0 saturated carbocycles. The molecule has 1 N–H and O–H groups in total. The van der Waals surface area contributed by atoms with Gasteiger partial charge < -0.3 is 14.8 Å². The van der Waals surface area contributed by atoms with E-state index in [9.17, 15) is 18.4 Å². The molecule has 0 fully saturated rings. The van der Waals surface area contributed by atoms with E-state index in [1.54, 1.807) is 18.2 Å². The zero-order valence-electron chi connectivity index (χ0n) is 16.0. The summed E-state index contributed by atoms with van der Waals surface area (Å²) in [4.78, 5) is 28.9. The van der Waals surface area contributed by atoms with Crippen LogP contribution in [0.5, 0.6) is 11.5 Å². The van der Waals surface area contributed by atoms with Gasteiger partial charge in [-0.1, -0.05) is 11.8 Å². The number of halogens is 2. The maximum atomic E-state index is 13.5. The Kier molecular flexibility index (Phi) is 6.68. The molecule has 0 spiro atoms. The van der Waals surface area contributed by atoms with Crippen LogP contribution in [-0.2, 0) is 4.79 Å². The Balaban J connectivity index is 1.72. The van der Waals surface area contributed by atoms with E-state index in [1.807, 2.05) is 0 Å². The van der Waals surface area contributed by atoms with Crippen LogP contribution < -0.4 is 20.3 Å². The number of ether oxygens (including phenoxy) is 2. The van der Waals surface area contributed by atoms with Crippen molar-refractivity contribution in [2.24, 2.45) is 0 Å². The molecular formula is C20H17F2N3O4S. The second-order valence-corrected chi connectivity index (χ2v) is 6.91. The van der Waals surface area contributed by atoms with Crippen LogP contribution in [-0.4, -0.2) is 35.4 Å². The molecule has 0 radical (unpaired) electrons. The molecule has 0 saturated heterocycles. The summed E-state index contributed by atoms with van der Waals surface area (Å²) in [5.74, 6) is -1.53. The molecule has 1 aromatic heterocycles. The molecule has 3 aromatic rings. The van der Waals surface area contributed by atoms with Gasteiger partial charge in [-0.15, -0.1) is 0 Å². The minimum absolute atomic E-state index is 0.0422. The van der Waals surface area contributed by atoms with E-state index in [1.165, 1.54) is 32.7 Å². The van der Waals surface area contributed by atoms with Crippen LogP contribution in [0, 0.1) is 11.6 Å². The fraction of sp³-hybridized carbons (Fsp3) is 0.150. The zero-order valence-corrected chi connectivity index (χ0v) is 16.8. The van der Waals surface area contributed by atoms with Gasteiger partial charge in [0.05, 0.1) is 25.7 Å². The number of rotatable bonds is 7. The van der Waals surface area contributed by atoms with E-state index in [0.717, 1.165) is 28.5 Å².